The molecule has 152 valence electrons. The number of halogens is 2. The molecule has 0 fully saturated rings. The van der Waals surface area contributed by atoms with E-state index in [-0.39, 0.29) is 36.3 Å². The van der Waals surface area contributed by atoms with Gasteiger partial charge < -0.3 is 11.1 Å². The van der Waals surface area contributed by atoms with Gasteiger partial charge in [0.15, 0.2) is 0 Å². The highest BCUT2D eigenvalue weighted by Gasteiger charge is 2.26. The van der Waals surface area contributed by atoms with Crippen LogP contribution < -0.4 is 11.1 Å². The maximum absolute atomic E-state index is 12.5. The first kappa shape index (κ1) is 27.4. The third kappa shape index (κ3) is 8.72. The Balaban J connectivity index is 0. The second-order valence-electron chi connectivity index (χ2n) is 7.67. The van der Waals surface area contributed by atoms with Crippen LogP contribution in [0.1, 0.15) is 63.9 Å². The summed E-state index contributed by atoms with van der Waals surface area (Å²) in [6, 6.07) is 8.42. The molecule has 0 spiro atoms. The van der Waals surface area contributed by atoms with Gasteiger partial charge in [0.05, 0.1) is 0 Å². The van der Waals surface area contributed by atoms with Crippen LogP contribution in [0, 0.1) is 5.92 Å². The van der Waals surface area contributed by atoms with Gasteiger partial charge in [0.25, 0.3) is 5.91 Å². The molecule has 4 nitrogen and oxygen atoms in total. The van der Waals surface area contributed by atoms with Gasteiger partial charge in [-0.3, -0.25) is 9.69 Å². The summed E-state index contributed by atoms with van der Waals surface area (Å²) in [6.45, 7) is 15.2. The van der Waals surface area contributed by atoms with Gasteiger partial charge >= 0.3 is 0 Å². The molecule has 1 unspecified atom stereocenters. The lowest BCUT2D eigenvalue weighted by atomic mass is 9.90. The molecule has 0 heterocycles. The van der Waals surface area contributed by atoms with Crippen molar-refractivity contribution in [3.8, 4) is 0 Å². The Morgan fingerprint density at radius 3 is 2.08 bits per heavy atom. The van der Waals surface area contributed by atoms with Crippen molar-refractivity contribution in [2.24, 2.45) is 11.7 Å². The Bertz CT molecular complexity index is 520. The molecule has 0 aliphatic carbocycles. The van der Waals surface area contributed by atoms with Crippen LogP contribution in [0.5, 0.6) is 0 Å². The molecule has 0 aliphatic heterocycles. The molecule has 0 aliphatic rings. The van der Waals surface area contributed by atoms with Crippen LogP contribution in [0.15, 0.2) is 24.3 Å². The lowest BCUT2D eigenvalue weighted by Gasteiger charge is -2.31. The smallest absolute Gasteiger partial charge is 0.251 e. The maximum atomic E-state index is 12.5. The van der Waals surface area contributed by atoms with Crippen molar-refractivity contribution in [3.63, 3.8) is 0 Å². The number of amides is 1. The van der Waals surface area contributed by atoms with Gasteiger partial charge in [0.1, 0.15) is 0 Å². The highest BCUT2D eigenvalue weighted by Crippen LogP contribution is 2.17. The molecule has 0 bridgehead atoms. The van der Waals surface area contributed by atoms with Crippen molar-refractivity contribution in [1.82, 2.24) is 10.2 Å². The van der Waals surface area contributed by atoms with Crippen LogP contribution in [-0.4, -0.2) is 35.5 Å². The lowest BCUT2D eigenvalue weighted by Crippen LogP contribution is -2.52. The van der Waals surface area contributed by atoms with Crippen molar-refractivity contribution in [3.05, 3.63) is 35.4 Å². The Kier molecular flexibility index (Phi) is 13.2. The van der Waals surface area contributed by atoms with E-state index in [0.29, 0.717) is 24.1 Å². The van der Waals surface area contributed by atoms with Crippen LogP contribution in [0.4, 0.5) is 0 Å². The molecule has 1 amide bonds. The van der Waals surface area contributed by atoms with E-state index in [1.165, 1.54) is 5.56 Å². The van der Waals surface area contributed by atoms with Gasteiger partial charge in [-0.05, 0) is 57.4 Å². The summed E-state index contributed by atoms with van der Waals surface area (Å²) in [5.41, 5.74) is 7.44. The van der Waals surface area contributed by atoms with Gasteiger partial charge in [-0.25, -0.2) is 0 Å². The summed E-state index contributed by atoms with van der Waals surface area (Å²) in [7, 11) is 0. The van der Waals surface area contributed by atoms with E-state index in [0.717, 1.165) is 19.5 Å². The van der Waals surface area contributed by atoms with E-state index >= 15 is 0 Å². The Hall–Kier alpha value is -0.810. The van der Waals surface area contributed by atoms with Gasteiger partial charge in [0, 0.05) is 30.2 Å². The number of benzene rings is 1. The summed E-state index contributed by atoms with van der Waals surface area (Å²) >= 11 is 0. The lowest BCUT2D eigenvalue weighted by molar-refractivity contribution is 0.0898. The zero-order valence-corrected chi connectivity index (χ0v) is 18.7. The first-order chi connectivity index (χ1) is 11.2. The fraction of sp³-hybridized carbons (Fsp3) is 0.650. The fourth-order valence-corrected chi connectivity index (χ4v) is 3.09. The largest absolute Gasteiger partial charge is 0.346 e. The van der Waals surface area contributed by atoms with Crippen molar-refractivity contribution in [1.29, 1.82) is 0 Å². The number of carbonyl (C=O) groups is 1. The molecule has 1 aromatic rings. The third-order valence-electron chi connectivity index (χ3n) is 4.46. The van der Waals surface area contributed by atoms with Crippen LogP contribution in [0.3, 0.4) is 0 Å². The summed E-state index contributed by atoms with van der Waals surface area (Å²) < 4.78 is 0. The number of hydrogen-bond acceptors (Lipinski definition) is 3. The van der Waals surface area contributed by atoms with Crippen LogP contribution in [-0.2, 0) is 6.54 Å². The van der Waals surface area contributed by atoms with E-state index in [4.69, 9.17) is 5.73 Å². The van der Waals surface area contributed by atoms with Gasteiger partial charge in [0.2, 0.25) is 0 Å². The molecule has 0 saturated carbocycles. The number of nitrogens with one attached hydrogen (secondary N) is 1. The molecule has 0 saturated heterocycles. The number of nitrogens with two attached hydrogens (primary N) is 1. The molecule has 6 heteroatoms. The van der Waals surface area contributed by atoms with Gasteiger partial charge in [-0.15, -0.1) is 24.8 Å². The molecule has 3 N–H and O–H groups in total. The normalized spacial score (nSPS) is 13.2. The molecule has 26 heavy (non-hydrogen) atoms. The van der Waals surface area contributed by atoms with E-state index in [9.17, 15) is 4.79 Å². The van der Waals surface area contributed by atoms with E-state index in [1.807, 2.05) is 31.2 Å². The van der Waals surface area contributed by atoms with E-state index < -0.39 is 0 Å². The minimum Gasteiger partial charge on any atom is -0.346 e. The van der Waals surface area contributed by atoms with Crippen molar-refractivity contribution < 1.29 is 4.79 Å². The third-order valence-corrected chi connectivity index (χ3v) is 4.46. The zero-order chi connectivity index (χ0) is 18.3. The minimum atomic E-state index is -0.361. The average Bonchev–Trinajstić information content (AvgIpc) is 2.51. The number of rotatable bonds is 9. The van der Waals surface area contributed by atoms with Crippen LogP contribution in [0.25, 0.3) is 0 Å². The summed E-state index contributed by atoms with van der Waals surface area (Å²) in [5, 5.41) is 3.11. The maximum Gasteiger partial charge on any atom is 0.251 e. The molecule has 0 radical (unpaired) electrons. The second kappa shape index (κ2) is 12.6. The number of hydrogen-bond donors (Lipinski definition) is 2. The van der Waals surface area contributed by atoms with Crippen LogP contribution >= 0.6 is 24.8 Å². The van der Waals surface area contributed by atoms with E-state index in [2.05, 4.69) is 44.8 Å². The average molecular weight is 406 g/mol. The fourth-order valence-electron chi connectivity index (χ4n) is 3.09. The highest BCUT2D eigenvalue weighted by atomic mass is 35.5. The van der Waals surface area contributed by atoms with Crippen molar-refractivity contribution >= 4 is 30.7 Å². The first-order valence-corrected chi connectivity index (χ1v) is 9.06. The Labute approximate surface area is 172 Å². The standard InChI is InChI=1S/C20H35N3O.2ClH/c1-7-23(16(4)5)13-17-8-10-18(11-9-17)19(24)22-20(6,14-21)12-15(2)3;;/h8-11,15-16H,7,12-14,21H2,1-6H3,(H,22,24);2*1H. The minimum absolute atomic E-state index is 0. The molecule has 1 atom stereocenters. The topological polar surface area (TPSA) is 58.4 Å². The summed E-state index contributed by atoms with van der Waals surface area (Å²) in [6.07, 6.45) is 0.868. The Morgan fingerprint density at radius 2 is 1.69 bits per heavy atom. The van der Waals surface area contributed by atoms with Crippen molar-refractivity contribution in [2.45, 2.75) is 66.1 Å². The Morgan fingerprint density at radius 1 is 1.15 bits per heavy atom. The molecular formula is C20H37Cl2N3O. The quantitative estimate of drug-likeness (QED) is 0.645. The van der Waals surface area contributed by atoms with Gasteiger partial charge in [-0.2, -0.15) is 0 Å². The highest BCUT2D eigenvalue weighted by molar-refractivity contribution is 5.94. The van der Waals surface area contributed by atoms with Crippen LogP contribution in [0.2, 0.25) is 0 Å². The van der Waals surface area contributed by atoms with Crippen molar-refractivity contribution in [2.75, 3.05) is 13.1 Å². The SMILES string of the molecule is CCN(Cc1ccc(C(=O)NC(C)(CN)CC(C)C)cc1)C(C)C.Cl.Cl. The predicted octanol–water partition coefficient (Wildman–Crippen LogP) is 4.25. The van der Waals surface area contributed by atoms with Gasteiger partial charge in [-0.1, -0.05) is 32.9 Å². The number of carbonyl (C=O) groups excluding carboxylic acids is 1. The molecule has 0 aromatic heterocycles. The monoisotopic (exact) mass is 405 g/mol. The summed E-state index contributed by atoms with van der Waals surface area (Å²) in [5.74, 6) is 0.434. The predicted molar refractivity (Wildman–Crippen MR) is 117 cm³/mol. The zero-order valence-electron chi connectivity index (χ0n) is 17.0. The first-order valence-electron chi connectivity index (χ1n) is 9.06. The van der Waals surface area contributed by atoms with E-state index in [1.54, 1.807) is 0 Å². The summed E-state index contributed by atoms with van der Waals surface area (Å²) in [4.78, 5) is 14.9. The molecule has 1 aromatic carbocycles. The second-order valence-corrected chi connectivity index (χ2v) is 7.67. The molecule has 1 rings (SSSR count). The number of nitrogens with zero attached hydrogens (tertiary/aromatic N) is 1. The molecular weight excluding hydrogens is 369 g/mol.